The molecule has 0 aliphatic heterocycles. The van der Waals surface area contributed by atoms with Crippen LogP contribution in [-0.2, 0) is 4.74 Å². The molecule has 0 radical (unpaired) electrons. The minimum Gasteiger partial charge on any atom is -0.465 e. The first-order valence-corrected chi connectivity index (χ1v) is 5.80. The van der Waals surface area contributed by atoms with E-state index in [1.807, 2.05) is 0 Å². The van der Waals surface area contributed by atoms with E-state index in [1.165, 1.54) is 19.2 Å². The topological polar surface area (TPSA) is 81.5 Å². The molecule has 0 aliphatic rings. The van der Waals surface area contributed by atoms with Gasteiger partial charge in [0.1, 0.15) is 0 Å². The normalized spacial score (nSPS) is 9.85. The predicted molar refractivity (Wildman–Crippen MR) is 74.2 cm³/mol. The van der Waals surface area contributed by atoms with Gasteiger partial charge in [-0.1, -0.05) is 0 Å². The molecule has 0 heterocycles. The number of nitro benzene ring substituents is 1. The Morgan fingerprint density at radius 2 is 1.55 bits per heavy atom. The minimum atomic E-state index is -0.449. The molecule has 0 amide bonds. The molecule has 2 rings (SSSR count). The van der Waals surface area contributed by atoms with Crippen LogP contribution >= 0.6 is 0 Å². The van der Waals surface area contributed by atoms with E-state index in [9.17, 15) is 14.9 Å². The number of anilines is 2. The summed E-state index contributed by atoms with van der Waals surface area (Å²) in [4.78, 5) is 21.4. The first kappa shape index (κ1) is 13.5. The summed E-state index contributed by atoms with van der Waals surface area (Å²) in [6.07, 6.45) is 0. The summed E-state index contributed by atoms with van der Waals surface area (Å²) >= 11 is 0. The highest BCUT2D eigenvalue weighted by Gasteiger charge is 2.06. The van der Waals surface area contributed by atoms with Crippen LogP contribution in [0, 0.1) is 10.1 Å². The lowest BCUT2D eigenvalue weighted by atomic mass is 10.2. The summed E-state index contributed by atoms with van der Waals surface area (Å²) in [6.45, 7) is 0. The Balaban J connectivity index is 2.10. The number of esters is 1. The SMILES string of the molecule is COC(=O)c1ccc(Nc2ccc([N+](=O)[O-])cc2)cc1. The van der Waals surface area contributed by atoms with Gasteiger partial charge in [0.25, 0.3) is 5.69 Å². The van der Waals surface area contributed by atoms with Crippen LogP contribution in [0.15, 0.2) is 48.5 Å². The van der Waals surface area contributed by atoms with Crippen LogP contribution in [0.2, 0.25) is 0 Å². The van der Waals surface area contributed by atoms with E-state index >= 15 is 0 Å². The number of hydrogen-bond acceptors (Lipinski definition) is 5. The van der Waals surface area contributed by atoms with Crippen molar-refractivity contribution >= 4 is 23.0 Å². The molecule has 0 saturated carbocycles. The highest BCUT2D eigenvalue weighted by atomic mass is 16.6. The maximum absolute atomic E-state index is 11.3. The molecular weight excluding hydrogens is 260 g/mol. The van der Waals surface area contributed by atoms with Crippen molar-refractivity contribution in [3.8, 4) is 0 Å². The van der Waals surface area contributed by atoms with Gasteiger partial charge in [-0.2, -0.15) is 0 Å². The maximum Gasteiger partial charge on any atom is 0.337 e. The van der Waals surface area contributed by atoms with Crippen LogP contribution in [-0.4, -0.2) is 18.0 Å². The van der Waals surface area contributed by atoms with Crippen LogP contribution in [0.5, 0.6) is 0 Å². The Labute approximate surface area is 115 Å². The largest absolute Gasteiger partial charge is 0.465 e. The number of rotatable bonds is 4. The summed E-state index contributed by atoms with van der Waals surface area (Å²) in [5, 5.41) is 13.6. The highest BCUT2D eigenvalue weighted by Crippen LogP contribution is 2.20. The fourth-order valence-electron chi connectivity index (χ4n) is 1.64. The van der Waals surface area contributed by atoms with Crippen molar-refractivity contribution < 1.29 is 14.5 Å². The number of hydrogen-bond donors (Lipinski definition) is 1. The number of nitro groups is 1. The smallest absolute Gasteiger partial charge is 0.337 e. The van der Waals surface area contributed by atoms with E-state index < -0.39 is 10.9 Å². The number of nitrogens with zero attached hydrogens (tertiary/aromatic N) is 1. The average Bonchev–Trinajstić information content (AvgIpc) is 2.48. The zero-order valence-corrected chi connectivity index (χ0v) is 10.7. The number of non-ortho nitro benzene ring substituents is 1. The molecule has 0 saturated heterocycles. The summed E-state index contributed by atoms with van der Waals surface area (Å²) < 4.78 is 4.61. The van der Waals surface area contributed by atoms with Crippen LogP contribution in [0.3, 0.4) is 0 Å². The Hall–Kier alpha value is -2.89. The number of carbonyl (C=O) groups excluding carboxylic acids is 1. The van der Waals surface area contributed by atoms with Crippen LogP contribution in [0.25, 0.3) is 0 Å². The molecule has 102 valence electrons. The second-order valence-electron chi connectivity index (χ2n) is 4.00. The molecule has 0 fully saturated rings. The van der Waals surface area contributed by atoms with Crippen LogP contribution in [0.1, 0.15) is 10.4 Å². The van der Waals surface area contributed by atoms with Crippen molar-refractivity contribution in [3.63, 3.8) is 0 Å². The molecule has 0 aliphatic carbocycles. The van der Waals surface area contributed by atoms with Crippen molar-refractivity contribution in [1.82, 2.24) is 0 Å². The van der Waals surface area contributed by atoms with Gasteiger partial charge < -0.3 is 10.1 Å². The molecule has 2 aromatic rings. The standard InChI is InChI=1S/C14H12N2O4/c1-20-14(17)10-2-4-11(5-3-10)15-12-6-8-13(9-7-12)16(18)19/h2-9,15H,1H3. The fraction of sp³-hybridized carbons (Fsp3) is 0.0714. The Morgan fingerprint density at radius 3 is 2.00 bits per heavy atom. The molecule has 1 N–H and O–H groups in total. The van der Waals surface area contributed by atoms with E-state index in [0.29, 0.717) is 5.56 Å². The molecule has 0 bridgehead atoms. The summed E-state index contributed by atoms with van der Waals surface area (Å²) in [5.74, 6) is -0.396. The second-order valence-corrected chi connectivity index (χ2v) is 4.00. The Kier molecular flexibility index (Phi) is 3.95. The van der Waals surface area contributed by atoms with E-state index in [2.05, 4.69) is 10.1 Å². The number of methoxy groups -OCH3 is 1. The van der Waals surface area contributed by atoms with Gasteiger partial charge in [-0.15, -0.1) is 0 Å². The first-order valence-electron chi connectivity index (χ1n) is 5.80. The number of carbonyl (C=O) groups is 1. The summed E-state index contributed by atoms with van der Waals surface area (Å²) in [7, 11) is 1.32. The summed E-state index contributed by atoms with van der Waals surface area (Å²) in [6, 6.07) is 12.8. The van der Waals surface area contributed by atoms with Gasteiger partial charge in [-0.05, 0) is 36.4 Å². The molecule has 2 aromatic carbocycles. The quantitative estimate of drug-likeness (QED) is 0.525. The van der Waals surface area contributed by atoms with Gasteiger partial charge in [0.05, 0.1) is 17.6 Å². The molecule has 6 heteroatoms. The van der Waals surface area contributed by atoms with Gasteiger partial charge in [0, 0.05) is 23.5 Å². The van der Waals surface area contributed by atoms with Crippen molar-refractivity contribution in [3.05, 3.63) is 64.2 Å². The molecule has 0 atom stereocenters. The minimum absolute atomic E-state index is 0.0385. The molecule has 0 aromatic heterocycles. The Bertz CT molecular complexity index is 621. The lowest BCUT2D eigenvalue weighted by molar-refractivity contribution is -0.384. The van der Waals surface area contributed by atoms with Crippen molar-refractivity contribution in [2.75, 3.05) is 12.4 Å². The highest BCUT2D eigenvalue weighted by molar-refractivity contribution is 5.89. The number of nitrogens with one attached hydrogen (secondary N) is 1. The fourth-order valence-corrected chi connectivity index (χ4v) is 1.64. The van der Waals surface area contributed by atoms with Crippen LogP contribution in [0.4, 0.5) is 17.1 Å². The monoisotopic (exact) mass is 272 g/mol. The summed E-state index contributed by atoms with van der Waals surface area (Å²) in [5.41, 5.74) is 1.99. The second kappa shape index (κ2) is 5.83. The first-order chi connectivity index (χ1) is 9.60. The molecular formula is C14H12N2O4. The number of benzene rings is 2. The van der Waals surface area contributed by atoms with Gasteiger partial charge in [-0.25, -0.2) is 4.79 Å². The van der Waals surface area contributed by atoms with Crippen molar-refractivity contribution in [2.45, 2.75) is 0 Å². The lowest BCUT2D eigenvalue weighted by Crippen LogP contribution is -2.00. The third kappa shape index (κ3) is 3.11. The third-order valence-electron chi connectivity index (χ3n) is 2.67. The molecule has 0 spiro atoms. The zero-order chi connectivity index (χ0) is 14.5. The van der Waals surface area contributed by atoms with Crippen molar-refractivity contribution in [2.24, 2.45) is 0 Å². The van der Waals surface area contributed by atoms with Gasteiger partial charge in [0.2, 0.25) is 0 Å². The third-order valence-corrected chi connectivity index (χ3v) is 2.67. The van der Waals surface area contributed by atoms with Gasteiger partial charge in [-0.3, -0.25) is 10.1 Å². The molecule has 6 nitrogen and oxygen atoms in total. The predicted octanol–water partition coefficient (Wildman–Crippen LogP) is 3.13. The van der Waals surface area contributed by atoms with Gasteiger partial charge >= 0.3 is 5.97 Å². The van der Waals surface area contributed by atoms with Crippen LogP contribution < -0.4 is 5.32 Å². The lowest BCUT2D eigenvalue weighted by Gasteiger charge is -2.06. The number of ether oxygens (including phenoxy) is 1. The molecule has 0 unspecified atom stereocenters. The van der Waals surface area contributed by atoms with E-state index in [0.717, 1.165) is 11.4 Å². The zero-order valence-electron chi connectivity index (χ0n) is 10.7. The van der Waals surface area contributed by atoms with Gasteiger partial charge in [0.15, 0.2) is 0 Å². The average molecular weight is 272 g/mol. The molecule has 20 heavy (non-hydrogen) atoms. The van der Waals surface area contributed by atoms with E-state index in [-0.39, 0.29) is 5.69 Å². The Morgan fingerprint density at radius 1 is 1.05 bits per heavy atom. The van der Waals surface area contributed by atoms with E-state index in [1.54, 1.807) is 36.4 Å². The van der Waals surface area contributed by atoms with Crippen molar-refractivity contribution in [1.29, 1.82) is 0 Å². The van der Waals surface area contributed by atoms with E-state index in [4.69, 9.17) is 0 Å². The maximum atomic E-state index is 11.3.